The maximum absolute atomic E-state index is 13.1. The molecule has 0 amide bonds. The van der Waals surface area contributed by atoms with Crippen LogP contribution in [-0.2, 0) is 0 Å². The minimum absolute atomic E-state index is 0.199. The highest BCUT2D eigenvalue weighted by molar-refractivity contribution is 6.31. The van der Waals surface area contributed by atoms with Crippen LogP contribution in [0.3, 0.4) is 0 Å². The van der Waals surface area contributed by atoms with Gasteiger partial charge < -0.3 is 15.8 Å². The third-order valence-electron chi connectivity index (χ3n) is 2.98. The zero-order valence-corrected chi connectivity index (χ0v) is 11.8. The molecule has 0 aliphatic carbocycles. The molecule has 0 aliphatic rings. The van der Waals surface area contributed by atoms with Gasteiger partial charge in [0.2, 0.25) is 0 Å². The average Bonchev–Trinajstić information content (AvgIpc) is 2.45. The normalized spacial score (nSPS) is 12.0. The number of benzene rings is 2. The Morgan fingerprint density at radius 1 is 1.30 bits per heavy atom. The Morgan fingerprint density at radius 3 is 2.75 bits per heavy atom. The number of nitrogens with two attached hydrogens (primary N) is 1. The zero-order chi connectivity index (χ0) is 14.5. The van der Waals surface area contributed by atoms with E-state index < -0.39 is 0 Å². The lowest BCUT2D eigenvalue weighted by Crippen LogP contribution is -2.21. The van der Waals surface area contributed by atoms with Crippen LogP contribution in [0.15, 0.2) is 42.5 Å². The first-order chi connectivity index (χ1) is 9.63. The van der Waals surface area contributed by atoms with E-state index in [1.165, 1.54) is 12.1 Å². The SMILES string of the molecule is COc1cccc(NC(CN)c2ccc(F)cc2Cl)c1. The molecule has 20 heavy (non-hydrogen) atoms. The first-order valence-corrected chi connectivity index (χ1v) is 6.57. The Balaban J connectivity index is 2.23. The molecule has 106 valence electrons. The van der Waals surface area contributed by atoms with Gasteiger partial charge in [0, 0.05) is 23.3 Å². The van der Waals surface area contributed by atoms with Gasteiger partial charge in [-0.25, -0.2) is 4.39 Å². The van der Waals surface area contributed by atoms with E-state index in [4.69, 9.17) is 22.1 Å². The summed E-state index contributed by atoms with van der Waals surface area (Å²) in [5.41, 5.74) is 7.41. The molecule has 0 bridgehead atoms. The van der Waals surface area contributed by atoms with Crippen LogP contribution in [0.2, 0.25) is 5.02 Å². The molecule has 0 spiro atoms. The second kappa shape index (κ2) is 6.59. The summed E-state index contributed by atoms with van der Waals surface area (Å²) >= 11 is 6.07. The van der Waals surface area contributed by atoms with Crippen molar-refractivity contribution in [2.24, 2.45) is 5.73 Å². The highest BCUT2D eigenvalue weighted by atomic mass is 35.5. The maximum atomic E-state index is 13.1. The second-order valence-corrected chi connectivity index (χ2v) is 4.74. The van der Waals surface area contributed by atoms with Crippen molar-refractivity contribution in [2.75, 3.05) is 19.0 Å². The standard InChI is InChI=1S/C15H16ClFN2O/c1-20-12-4-2-3-11(8-12)19-15(9-18)13-6-5-10(17)7-14(13)16/h2-8,15,19H,9,18H2,1H3. The van der Waals surface area contributed by atoms with Crippen LogP contribution >= 0.6 is 11.6 Å². The number of methoxy groups -OCH3 is 1. The van der Waals surface area contributed by atoms with E-state index in [2.05, 4.69) is 5.32 Å². The van der Waals surface area contributed by atoms with Gasteiger partial charge in [0.1, 0.15) is 11.6 Å². The highest BCUT2D eigenvalue weighted by Crippen LogP contribution is 2.27. The molecular weight excluding hydrogens is 279 g/mol. The summed E-state index contributed by atoms with van der Waals surface area (Å²) in [6.07, 6.45) is 0. The molecule has 0 heterocycles. The monoisotopic (exact) mass is 294 g/mol. The molecule has 0 aromatic heterocycles. The van der Waals surface area contributed by atoms with Gasteiger partial charge in [0.15, 0.2) is 0 Å². The smallest absolute Gasteiger partial charge is 0.124 e. The van der Waals surface area contributed by atoms with Crippen LogP contribution in [0, 0.1) is 5.82 Å². The zero-order valence-electron chi connectivity index (χ0n) is 11.1. The summed E-state index contributed by atoms with van der Waals surface area (Å²) in [7, 11) is 1.61. The number of ether oxygens (including phenoxy) is 1. The van der Waals surface area contributed by atoms with Crippen molar-refractivity contribution >= 4 is 17.3 Å². The second-order valence-electron chi connectivity index (χ2n) is 4.33. The largest absolute Gasteiger partial charge is 0.497 e. The predicted octanol–water partition coefficient (Wildman–Crippen LogP) is 3.60. The van der Waals surface area contributed by atoms with Gasteiger partial charge >= 0.3 is 0 Å². The number of halogens is 2. The molecule has 3 nitrogen and oxygen atoms in total. The lowest BCUT2D eigenvalue weighted by Gasteiger charge is -2.20. The van der Waals surface area contributed by atoms with Crippen LogP contribution in [0.1, 0.15) is 11.6 Å². The van der Waals surface area contributed by atoms with E-state index in [0.717, 1.165) is 17.0 Å². The van der Waals surface area contributed by atoms with Gasteiger partial charge in [-0.05, 0) is 29.8 Å². The van der Waals surface area contributed by atoms with Gasteiger partial charge in [0.25, 0.3) is 0 Å². The first-order valence-electron chi connectivity index (χ1n) is 6.19. The van der Waals surface area contributed by atoms with E-state index in [9.17, 15) is 4.39 Å². The van der Waals surface area contributed by atoms with Crippen molar-refractivity contribution in [1.29, 1.82) is 0 Å². The summed E-state index contributed by atoms with van der Waals surface area (Å²) in [4.78, 5) is 0. The van der Waals surface area contributed by atoms with Crippen molar-refractivity contribution in [3.05, 3.63) is 58.9 Å². The van der Waals surface area contributed by atoms with Gasteiger partial charge in [-0.2, -0.15) is 0 Å². The van der Waals surface area contributed by atoms with E-state index in [1.54, 1.807) is 13.2 Å². The predicted molar refractivity (Wildman–Crippen MR) is 79.8 cm³/mol. The van der Waals surface area contributed by atoms with Crippen LogP contribution in [0.25, 0.3) is 0 Å². The van der Waals surface area contributed by atoms with Gasteiger partial charge in [-0.15, -0.1) is 0 Å². The number of anilines is 1. The minimum Gasteiger partial charge on any atom is -0.497 e. The van der Waals surface area contributed by atoms with Gasteiger partial charge in [-0.3, -0.25) is 0 Å². The molecule has 3 N–H and O–H groups in total. The van der Waals surface area contributed by atoms with E-state index >= 15 is 0 Å². The molecule has 2 aromatic rings. The number of nitrogens with one attached hydrogen (secondary N) is 1. The molecule has 0 aliphatic heterocycles. The average molecular weight is 295 g/mol. The molecule has 5 heteroatoms. The maximum Gasteiger partial charge on any atom is 0.124 e. The van der Waals surface area contributed by atoms with E-state index in [0.29, 0.717) is 11.6 Å². The Bertz CT molecular complexity index is 592. The molecule has 2 rings (SSSR count). The molecule has 1 unspecified atom stereocenters. The van der Waals surface area contributed by atoms with Crippen molar-refractivity contribution < 1.29 is 9.13 Å². The summed E-state index contributed by atoms with van der Waals surface area (Å²) < 4.78 is 18.3. The minimum atomic E-state index is -0.365. The van der Waals surface area contributed by atoms with E-state index in [-0.39, 0.29) is 11.9 Å². The summed E-state index contributed by atoms with van der Waals surface area (Å²) in [6, 6.07) is 11.6. The summed E-state index contributed by atoms with van der Waals surface area (Å²) in [5.74, 6) is 0.381. The molecule has 0 saturated heterocycles. The fourth-order valence-corrected chi connectivity index (χ4v) is 2.26. The number of hydrogen-bond acceptors (Lipinski definition) is 3. The van der Waals surface area contributed by atoms with Crippen molar-refractivity contribution in [3.63, 3.8) is 0 Å². The first kappa shape index (κ1) is 14.6. The third-order valence-corrected chi connectivity index (χ3v) is 3.31. The molecular formula is C15H16ClFN2O. The van der Waals surface area contributed by atoms with Crippen LogP contribution < -0.4 is 15.8 Å². The molecule has 2 aromatic carbocycles. The Morgan fingerprint density at radius 2 is 2.10 bits per heavy atom. The molecule has 1 atom stereocenters. The van der Waals surface area contributed by atoms with Crippen molar-refractivity contribution in [1.82, 2.24) is 0 Å². The van der Waals surface area contributed by atoms with Crippen LogP contribution in [0.5, 0.6) is 5.75 Å². The third kappa shape index (κ3) is 3.40. The molecule has 0 radical (unpaired) electrons. The lowest BCUT2D eigenvalue weighted by atomic mass is 10.1. The fraction of sp³-hybridized carbons (Fsp3) is 0.200. The van der Waals surface area contributed by atoms with Gasteiger partial charge in [-0.1, -0.05) is 23.7 Å². The topological polar surface area (TPSA) is 47.3 Å². The number of hydrogen-bond donors (Lipinski definition) is 2. The number of rotatable bonds is 5. The summed E-state index contributed by atoms with van der Waals surface area (Å²) in [5, 5.41) is 3.63. The molecule has 0 fully saturated rings. The molecule has 0 saturated carbocycles. The van der Waals surface area contributed by atoms with Crippen LogP contribution in [0.4, 0.5) is 10.1 Å². The van der Waals surface area contributed by atoms with Crippen LogP contribution in [-0.4, -0.2) is 13.7 Å². The Kier molecular flexibility index (Phi) is 4.82. The van der Waals surface area contributed by atoms with E-state index in [1.807, 2.05) is 24.3 Å². The lowest BCUT2D eigenvalue weighted by molar-refractivity contribution is 0.415. The van der Waals surface area contributed by atoms with Crippen molar-refractivity contribution in [3.8, 4) is 5.75 Å². The van der Waals surface area contributed by atoms with Gasteiger partial charge in [0.05, 0.1) is 13.2 Å². The summed E-state index contributed by atoms with van der Waals surface area (Å²) in [6.45, 7) is 0.336. The Hall–Kier alpha value is -1.78. The fourth-order valence-electron chi connectivity index (χ4n) is 1.96. The van der Waals surface area contributed by atoms with Crippen molar-refractivity contribution in [2.45, 2.75) is 6.04 Å². The highest BCUT2D eigenvalue weighted by Gasteiger charge is 2.14. The quantitative estimate of drug-likeness (QED) is 0.886. The Labute approximate surface area is 122 Å².